The highest BCUT2D eigenvalue weighted by molar-refractivity contribution is 9.10. The number of nitrogens with zero attached hydrogens (tertiary/aromatic N) is 1. The summed E-state index contributed by atoms with van der Waals surface area (Å²) in [6, 6.07) is 4.93. The third-order valence-corrected chi connectivity index (χ3v) is 2.61. The molecular formula is C10H8BrFN2O. The molecule has 0 amide bonds. The van der Waals surface area contributed by atoms with Gasteiger partial charge in [-0.15, -0.1) is 0 Å². The van der Waals surface area contributed by atoms with Crippen LogP contribution >= 0.6 is 15.9 Å². The Balaban J connectivity index is 2.55. The second kappa shape index (κ2) is 3.66. The predicted octanol–water partition coefficient (Wildman–Crippen LogP) is 3.13. The van der Waals surface area contributed by atoms with Crippen molar-refractivity contribution in [1.82, 2.24) is 5.16 Å². The molecule has 5 heteroatoms. The topological polar surface area (TPSA) is 52.0 Å². The zero-order valence-electron chi connectivity index (χ0n) is 7.92. The average molecular weight is 271 g/mol. The van der Waals surface area contributed by atoms with E-state index in [0.717, 1.165) is 5.56 Å². The van der Waals surface area contributed by atoms with Gasteiger partial charge in [0, 0.05) is 11.6 Å². The van der Waals surface area contributed by atoms with Gasteiger partial charge in [-0.3, -0.25) is 0 Å². The van der Waals surface area contributed by atoms with Gasteiger partial charge in [0.25, 0.3) is 0 Å². The monoisotopic (exact) mass is 270 g/mol. The molecule has 0 unspecified atom stereocenters. The summed E-state index contributed by atoms with van der Waals surface area (Å²) in [5, 5.41) is 3.75. The van der Waals surface area contributed by atoms with E-state index in [1.165, 1.54) is 0 Å². The molecule has 0 aliphatic carbocycles. The maximum absolute atomic E-state index is 13.3. The molecule has 0 aliphatic rings. The number of rotatable bonds is 1. The third kappa shape index (κ3) is 1.87. The number of benzene rings is 1. The molecule has 0 bridgehead atoms. The quantitative estimate of drug-likeness (QED) is 0.866. The van der Waals surface area contributed by atoms with Crippen LogP contribution in [0.3, 0.4) is 0 Å². The maximum Gasteiger partial charge on any atom is 0.222 e. The van der Waals surface area contributed by atoms with Crippen molar-refractivity contribution in [3.05, 3.63) is 34.1 Å². The minimum atomic E-state index is -0.268. The molecule has 1 heterocycles. The van der Waals surface area contributed by atoms with Crippen molar-refractivity contribution >= 4 is 21.8 Å². The highest BCUT2D eigenvalue weighted by Crippen LogP contribution is 2.27. The van der Waals surface area contributed by atoms with Crippen LogP contribution in [0.5, 0.6) is 0 Å². The summed E-state index contributed by atoms with van der Waals surface area (Å²) in [7, 11) is 0. The van der Waals surface area contributed by atoms with Crippen molar-refractivity contribution in [2.75, 3.05) is 5.73 Å². The van der Waals surface area contributed by atoms with Crippen molar-refractivity contribution in [3.8, 4) is 11.3 Å². The Kier molecular flexibility index (Phi) is 2.48. The van der Waals surface area contributed by atoms with Crippen LogP contribution in [0.25, 0.3) is 11.3 Å². The first kappa shape index (κ1) is 10.2. The zero-order chi connectivity index (χ0) is 11.0. The predicted molar refractivity (Wildman–Crippen MR) is 58.7 cm³/mol. The lowest BCUT2D eigenvalue weighted by atomic mass is 10.1. The van der Waals surface area contributed by atoms with Crippen molar-refractivity contribution < 1.29 is 8.91 Å². The van der Waals surface area contributed by atoms with E-state index in [9.17, 15) is 4.39 Å². The maximum atomic E-state index is 13.3. The van der Waals surface area contributed by atoms with Gasteiger partial charge in [0.2, 0.25) is 5.88 Å². The van der Waals surface area contributed by atoms with Crippen molar-refractivity contribution in [2.45, 2.75) is 6.92 Å². The molecule has 0 radical (unpaired) electrons. The molecule has 1 aromatic carbocycles. The Morgan fingerprint density at radius 2 is 2.13 bits per heavy atom. The van der Waals surface area contributed by atoms with Crippen LogP contribution in [0.1, 0.15) is 5.56 Å². The lowest BCUT2D eigenvalue weighted by Gasteiger charge is -2.02. The van der Waals surface area contributed by atoms with Gasteiger partial charge in [-0.1, -0.05) is 5.16 Å². The summed E-state index contributed by atoms with van der Waals surface area (Å²) in [6.45, 7) is 1.69. The largest absolute Gasteiger partial charge is 0.368 e. The Morgan fingerprint density at radius 3 is 2.67 bits per heavy atom. The number of aryl methyl sites for hydroxylation is 1. The molecule has 2 rings (SSSR count). The fraction of sp³-hybridized carbons (Fsp3) is 0.100. The van der Waals surface area contributed by atoms with E-state index in [4.69, 9.17) is 10.3 Å². The summed E-state index contributed by atoms with van der Waals surface area (Å²) in [5.74, 6) is -0.0293. The Morgan fingerprint density at radius 1 is 1.40 bits per heavy atom. The first-order valence-corrected chi connectivity index (χ1v) is 5.05. The number of nitrogen functional groups attached to an aromatic ring is 1. The average Bonchev–Trinajstić information content (AvgIpc) is 2.60. The van der Waals surface area contributed by atoms with Crippen LogP contribution in [0, 0.1) is 12.7 Å². The van der Waals surface area contributed by atoms with E-state index < -0.39 is 0 Å². The van der Waals surface area contributed by atoms with Gasteiger partial charge in [-0.25, -0.2) is 4.39 Å². The smallest absolute Gasteiger partial charge is 0.222 e. The lowest BCUT2D eigenvalue weighted by molar-refractivity contribution is 0.439. The normalized spacial score (nSPS) is 10.6. The van der Waals surface area contributed by atoms with Crippen LogP contribution in [0.2, 0.25) is 0 Å². The molecule has 1 aromatic heterocycles. The minimum Gasteiger partial charge on any atom is -0.368 e. The van der Waals surface area contributed by atoms with Gasteiger partial charge in [0.05, 0.1) is 4.47 Å². The van der Waals surface area contributed by atoms with Gasteiger partial charge in [-0.2, -0.15) is 0 Å². The van der Waals surface area contributed by atoms with E-state index >= 15 is 0 Å². The second-order valence-corrected chi connectivity index (χ2v) is 4.06. The SMILES string of the molecule is Cc1cc(-c2cc(N)on2)cc(Br)c1F. The molecular weight excluding hydrogens is 263 g/mol. The molecule has 0 saturated heterocycles. The summed E-state index contributed by atoms with van der Waals surface area (Å²) >= 11 is 3.14. The molecule has 0 atom stereocenters. The van der Waals surface area contributed by atoms with Gasteiger partial charge in [-0.05, 0) is 40.5 Å². The van der Waals surface area contributed by atoms with Gasteiger partial charge in [0.1, 0.15) is 11.5 Å². The fourth-order valence-electron chi connectivity index (χ4n) is 1.30. The van der Waals surface area contributed by atoms with E-state index in [1.807, 2.05) is 0 Å². The minimum absolute atomic E-state index is 0.239. The third-order valence-electron chi connectivity index (χ3n) is 2.03. The van der Waals surface area contributed by atoms with E-state index in [1.54, 1.807) is 25.1 Å². The van der Waals surface area contributed by atoms with Crippen molar-refractivity contribution in [3.63, 3.8) is 0 Å². The number of nitrogens with two attached hydrogens (primary N) is 1. The summed E-state index contributed by atoms with van der Waals surface area (Å²) in [5.41, 5.74) is 7.31. The first-order chi connectivity index (χ1) is 7.08. The van der Waals surface area contributed by atoms with Gasteiger partial charge < -0.3 is 10.3 Å². The number of hydrogen-bond acceptors (Lipinski definition) is 3. The Bertz CT molecular complexity index is 487. The molecule has 0 saturated carbocycles. The standard InChI is InChI=1S/C10H8BrFN2O/c1-5-2-6(3-7(11)10(5)12)8-4-9(13)15-14-8/h2-4H,13H2,1H3. The van der Waals surface area contributed by atoms with Crippen molar-refractivity contribution in [2.24, 2.45) is 0 Å². The highest BCUT2D eigenvalue weighted by Gasteiger charge is 2.09. The zero-order valence-corrected chi connectivity index (χ0v) is 9.51. The van der Waals surface area contributed by atoms with Crippen LogP contribution in [0.4, 0.5) is 10.3 Å². The molecule has 2 N–H and O–H groups in total. The highest BCUT2D eigenvalue weighted by atomic mass is 79.9. The van der Waals surface area contributed by atoms with Gasteiger partial charge >= 0.3 is 0 Å². The Labute approximate surface area is 94.2 Å². The fourth-order valence-corrected chi connectivity index (χ4v) is 1.86. The molecule has 0 spiro atoms. The molecule has 15 heavy (non-hydrogen) atoms. The van der Waals surface area contributed by atoms with Crippen LogP contribution < -0.4 is 5.73 Å². The molecule has 0 fully saturated rings. The molecule has 2 aromatic rings. The van der Waals surface area contributed by atoms with Crippen LogP contribution in [-0.2, 0) is 0 Å². The van der Waals surface area contributed by atoms with Gasteiger partial charge in [0.15, 0.2) is 0 Å². The molecule has 0 aliphatic heterocycles. The summed E-state index contributed by atoms with van der Waals surface area (Å²) in [4.78, 5) is 0. The number of anilines is 1. The van der Waals surface area contributed by atoms with Crippen molar-refractivity contribution in [1.29, 1.82) is 0 Å². The van der Waals surface area contributed by atoms with Crippen LogP contribution in [0.15, 0.2) is 27.2 Å². The molecule has 3 nitrogen and oxygen atoms in total. The molecule has 78 valence electrons. The van der Waals surface area contributed by atoms with E-state index in [0.29, 0.717) is 15.7 Å². The second-order valence-electron chi connectivity index (χ2n) is 3.20. The van der Waals surface area contributed by atoms with E-state index in [2.05, 4.69) is 21.1 Å². The number of halogens is 2. The van der Waals surface area contributed by atoms with E-state index in [-0.39, 0.29) is 11.7 Å². The Hall–Kier alpha value is -1.36. The summed E-state index contributed by atoms with van der Waals surface area (Å²) in [6.07, 6.45) is 0. The number of aromatic nitrogens is 1. The first-order valence-electron chi connectivity index (χ1n) is 4.26. The summed E-state index contributed by atoms with van der Waals surface area (Å²) < 4.78 is 18.5. The lowest BCUT2D eigenvalue weighted by Crippen LogP contribution is -1.87. The van der Waals surface area contributed by atoms with Crippen LogP contribution in [-0.4, -0.2) is 5.16 Å². The number of hydrogen-bond donors (Lipinski definition) is 1.